The van der Waals surface area contributed by atoms with E-state index in [2.05, 4.69) is 38.0 Å². The van der Waals surface area contributed by atoms with Crippen molar-refractivity contribution >= 4 is 33.4 Å². The molecule has 3 fully saturated rings. The lowest BCUT2D eigenvalue weighted by Gasteiger charge is -2.39. The van der Waals surface area contributed by atoms with Crippen LogP contribution in [0.4, 0.5) is 20.5 Å². The minimum absolute atomic E-state index is 0.00338. The topological polar surface area (TPSA) is 80.7 Å². The number of aliphatic hydroxyl groups is 1. The zero-order valence-electron chi connectivity index (χ0n) is 26.9. The van der Waals surface area contributed by atoms with Crippen molar-refractivity contribution in [2.45, 2.75) is 69.7 Å². The predicted octanol–water partition coefficient (Wildman–Crippen LogP) is 5.19. The molecule has 8 nitrogen and oxygen atoms in total. The van der Waals surface area contributed by atoms with E-state index in [-0.39, 0.29) is 16.8 Å². The number of likely N-dealkylation sites (N-methyl/N-ethyl adjacent to an activating group) is 2. The molecule has 7 rings (SSSR count). The zero-order chi connectivity index (χ0) is 32.3. The van der Waals surface area contributed by atoms with E-state index in [4.69, 9.17) is 16.4 Å². The summed E-state index contributed by atoms with van der Waals surface area (Å²) in [6.45, 7) is 6.55. The third kappa shape index (κ3) is 5.34. The normalized spacial score (nSPS) is 22.0. The summed E-state index contributed by atoms with van der Waals surface area (Å²) in [4.78, 5) is 21.3. The fourth-order valence-corrected chi connectivity index (χ4v) is 7.55. The Balaban J connectivity index is 1.43. The summed E-state index contributed by atoms with van der Waals surface area (Å²) < 4.78 is 32.2. The quantitative estimate of drug-likeness (QED) is 0.284. The second-order valence-corrected chi connectivity index (χ2v) is 13.8. The Labute approximate surface area is 268 Å². The van der Waals surface area contributed by atoms with Crippen molar-refractivity contribution in [3.05, 3.63) is 53.2 Å². The number of anilines is 2. The lowest BCUT2D eigenvalue weighted by Crippen LogP contribution is -2.52. The number of nitrogens with one attached hydrogen (secondary N) is 1. The molecule has 0 radical (unpaired) electrons. The van der Waals surface area contributed by atoms with Crippen LogP contribution in [0.5, 0.6) is 0 Å². The number of terminal acetylenes is 1. The Morgan fingerprint density at radius 2 is 1.87 bits per heavy atom. The summed E-state index contributed by atoms with van der Waals surface area (Å²) in [7, 11) is 4.16. The van der Waals surface area contributed by atoms with E-state index >= 15 is 8.78 Å². The van der Waals surface area contributed by atoms with Gasteiger partial charge in [0.15, 0.2) is 5.82 Å². The number of fused-ring (bicyclic) bond motifs is 4. The number of aromatic nitrogens is 3. The van der Waals surface area contributed by atoms with E-state index < -0.39 is 17.2 Å². The molecule has 2 unspecified atom stereocenters. The maximum atomic E-state index is 17.1. The molecule has 3 aliphatic rings. The molecule has 3 atom stereocenters. The Bertz CT molecular complexity index is 1850. The molecule has 4 aromatic rings. The van der Waals surface area contributed by atoms with Crippen LogP contribution in [-0.2, 0) is 5.60 Å². The molecule has 0 spiro atoms. The van der Waals surface area contributed by atoms with Gasteiger partial charge in [0.1, 0.15) is 22.8 Å². The molecule has 0 aliphatic carbocycles. The second kappa shape index (κ2) is 11.7. The maximum absolute atomic E-state index is 17.1. The van der Waals surface area contributed by atoms with Gasteiger partial charge in [0.05, 0.1) is 16.6 Å². The monoisotopic (exact) mass is 625 g/mol. The Morgan fingerprint density at radius 3 is 2.54 bits per heavy atom. The van der Waals surface area contributed by atoms with Crippen LogP contribution in [0, 0.1) is 24.0 Å². The van der Waals surface area contributed by atoms with Gasteiger partial charge < -0.3 is 20.2 Å². The smallest absolute Gasteiger partial charge is 0.228 e. The van der Waals surface area contributed by atoms with E-state index in [1.807, 2.05) is 7.05 Å². The summed E-state index contributed by atoms with van der Waals surface area (Å²) in [5.41, 5.74) is -0.243. The standard InChI is InChI=1S/C36H41F2N7O/c1-6-26-29(37)13-10-21-15-22(36(2,3)46)16-27(30(21)26)32-31(38)33-28(17-40-32)34(43(4)18-23-9-7-8-14-39-23)42-35(41-33)45-19-24-11-12-25(20-45)44(24)5/h1,10,13,15-17,23-25,39,46H,7-9,11-12,14,18-20H2,2-5H3/t23-,24?,25?/m1/s1. The van der Waals surface area contributed by atoms with E-state index in [0.717, 1.165) is 38.9 Å². The molecule has 3 saturated heterocycles. The summed E-state index contributed by atoms with van der Waals surface area (Å²) >= 11 is 0. The SMILES string of the molecule is C#Cc1c(F)ccc2cc(C(C)(C)O)cc(-c3ncc4c(N(C)C[C@H]5CCCCN5)nc(N5CC6CCC(C5)N6C)nc4c3F)c12. The highest BCUT2D eigenvalue weighted by molar-refractivity contribution is 6.02. The average Bonchev–Trinajstić information content (AvgIpc) is 3.23. The largest absolute Gasteiger partial charge is 0.386 e. The number of hydrogen-bond donors (Lipinski definition) is 2. The first-order chi connectivity index (χ1) is 22.0. The van der Waals surface area contributed by atoms with Crippen molar-refractivity contribution in [3.63, 3.8) is 0 Å². The van der Waals surface area contributed by atoms with Crippen LogP contribution in [0.2, 0.25) is 0 Å². The van der Waals surface area contributed by atoms with Gasteiger partial charge in [-0.2, -0.15) is 4.98 Å². The van der Waals surface area contributed by atoms with Gasteiger partial charge in [0.2, 0.25) is 5.95 Å². The number of piperidine rings is 1. The van der Waals surface area contributed by atoms with Gasteiger partial charge in [0, 0.05) is 62.0 Å². The molecule has 5 heterocycles. The van der Waals surface area contributed by atoms with Crippen molar-refractivity contribution in [1.82, 2.24) is 25.2 Å². The fourth-order valence-electron chi connectivity index (χ4n) is 7.55. The van der Waals surface area contributed by atoms with Crippen LogP contribution < -0.4 is 15.1 Å². The number of nitrogens with zero attached hydrogens (tertiary/aromatic N) is 6. The van der Waals surface area contributed by atoms with Gasteiger partial charge in [-0.1, -0.05) is 18.4 Å². The lowest BCUT2D eigenvalue weighted by atomic mass is 9.89. The summed E-state index contributed by atoms with van der Waals surface area (Å²) in [5, 5.41) is 16.0. The van der Waals surface area contributed by atoms with Gasteiger partial charge in [-0.3, -0.25) is 9.88 Å². The molecule has 3 aliphatic heterocycles. The van der Waals surface area contributed by atoms with Crippen LogP contribution in [-0.4, -0.2) is 83.4 Å². The summed E-state index contributed by atoms with van der Waals surface area (Å²) in [6, 6.07) is 7.40. The van der Waals surface area contributed by atoms with Crippen LogP contribution in [0.3, 0.4) is 0 Å². The minimum Gasteiger partial charge on any atom is -0.386 e. The highest BCUT2D eigenvalue weighted by atomic mass is 19.1. The number of halogens is 2. The van der Waals surface area contributed by atoms with Gasteiger partial charge in [-0.15, -0.1) is 6.42 Å². The fraction of sp³-hybridized carbons (Fsp3) is 0.472. The Morgan fingerprint density at radius 1 is 1.11 bits per heavy atom. The molecule has 2 N–H and O–H groups in total. The van der Waals surface area contributed by atoms with E-state index in [1.54, 1.807) is 38.2 Å². The van der Waals surface area contributed by atoms with Gasteiger partial charge in [0.25, 0.3) is 0 Å². The molecule has 0 saturated carbocycles. The molecule has 240 valence electrons. The first-order valence-electron chi connectivity index (χ1n) is 16.3. The summed E-state index contributed by atoms with van der Waals surface area (Å²) in [6.07, 6.45) is 13.0. The molecule has 46 heavy (non-hydrogen) atoms. The van der Waals surface area contributed by atoms with E-state index in [1.165, 1.54) is 18.9 Å². The van der Waals surface area contributed by atoms with Crippen molar-refractivity contribution < 1.29 is 13.9 Å². The van der Waals surface area contributed by atoms with Crippen LogP contribution in [0.1, 0.15) is 57.1 Å². The van der Waals surface area contributed by atoms with E-state index in [9.17, 15) is 5.11 Å². The van der Waals surface area contributed by atoms with Crippen LogP contribution in [0.15, 0.2) is 30.5 Å². The molecule has 2 bridgehead atoms. The first kappa shape index (κ1) is 30.7. The second-order valence-electron chi connectivity index (χ2n) is 13.8. The van der Waals surface area contributed by atoms with E-state index in [0.29, 0.717) is 63.7 Å². The molecule has 0 amide bonds. The Kier molecular flexibility index (Phi) is 7.82. The summed E-state index contributed by atoms with van der Waals surface area (Å²) in [5.74, 6) is 2.37. The predicted molar refractivity (Wildman–Crippen MR) is 179 cm³/mol. The molecular weight excluding hydrogens is 584 g/mol. The Hall–Kier alpha value is -3.91. The third-order valence-corrected chi connectivity index (χ3v) is 10.2. The van der Waals surface area contributed by atoms with Gasteiger partial charge in [-0.05, 0) is 82.3 Å². The van der Waals surface area contributed by atoms with Crippen molar-refractivity contribution in [2.75, 3.05) is 50.1 Å². The van der Waals surface area contributed by atoms with Crippen LogP contribution >= 0.6 is 0 Å². The van der Waals surface area contributed by atoms with Gasteiger partial charge >= 0.3 is 0 Å². The lowest BCUT2D eigenvalue weighted by molar-refractivity contribution is 0.0788. The number of pyridine rings is 1. The number of benzene rings is 2. The maximum Gasteiger partial charge on any atom is 0.228 e. The number of rotatable bonds is 6. The van der Waals surface area contributed by atoms with Gasteiger partial charge in [-0.25, -0.2) is 13.8 Å². The molecule has 2 aromatic carbocycles. The van der Waals surface area contributed by atoms with Crippen molar-refractivity contribution in [1.29, 1.82) is 0 Å². The highest BCUT2D eigenvalue weighted by Crippen LogP contribution is 2.40. The highest BCUT2D eigenvalue weighted by Gasteiger charge is 2.39. The number of piperazine rings is 1. The average molecular weight is 626 g/mol. The molecule has 10 heteroatoms. The van der Waals surface area contributed by atoms with Crippen molar-refractivity contribution in [2.24, 2.45) is 0 Å². The zero-order valence-corrected chi connectivity index (χ0v) is 26.9. The molecular formula is C36H41F2N7O. The van der Waals surface area contributed by atoms with Crippen LogP contribution in [0.25, 0.3) is 32.9 Å². The number of hydrogen-bond acceptors (Lipinski definition) is 8. The third-order valence-electron chi connectivity index (χ3n) is 10.2. The first-order valence-corrected chi connectivity index (χ1v) is 16.3. The minimum atomic E-state index is -1.25. The van der Waals surface area contributed by atoms with Crippen molar-refractivity contribution in [3.8, 4) is 23.6 Å². The molecule has 2 aromatic heterocycles.